The molecule has 0 heterocycles. The maximum atomic E-state index is 12.1. The van der Waals surface area contributed by atoms with E-state index in [1.54, 1.807) is 0 Å². The van der Waals surface area contributed by atoms with Crippen LogP contribution in [-0.4, -0.2) is 12.5 Å². The van der Waals surface area contributed by atoms with Crippen LogP contribution in [0.4, 0.5) is 5.69 Å². The average molecular weight is 296 g/mol. The molecule has 3 heteroatoms. The van der Waals surface area contributed by atoms with Gasteiger partial charge < -0.3 is 11.1 Å². The second-order valence-electron chi connectivity index (χ2n) is 6.57. The smallest absolute Gasteiger partial charge is 0.251 e. The summed E-state index contributed by atoms with van der Waals surface area (Å²) in [5.74, 6) is -0.0316. The van der Waals surface area contributed by atoms with E-state index in [2.05, 4.69) is 26.1 Å². The van der Waals surface area contributed by atoms with E-state index in [1.165, 1.54) is 5.56 Å². The summed E-state index contributed by atoms with van der Waals surface area (Å²) in [6, 6.07) is 15.5. The van der Waals surface area contributed by atoms with Crippen molar-refractivity contribution in [3.05, 3.63) is 65.2 Å². The van der Waals surface area contributed by atoms with Crippen LogP contribution in [0.1, 0.15) is 42.3 Å². The Bertz CT molecular complexity index is 622. The number of rotatable bonds is 4. The minimum atomic E-state index is -0.0316. The van der Waals surface area contributed by atoms with Gasteiger partial charge in [0.05, 0.1) is 0 Å². The highest BCUT2D eigenvalue weighted by molar-refractivity contribution is 5.94. The van der Waals surface area contributed by atoms with Crippen molar-refractivity contribution in [2.45, 2.75) is 32.6 Å². The topological polar surface area (TPSA) is 55.1 Å². The Hall–Kier alpha value is -2.29. The maximum Gasteiger partial charge on any atom is 0.251 e. The molecular formula is C19H24N2O. The molecule has 0 aliphatic rings. The second kappa shape index (κ2) is 6.65. The normalized spacial score (nSPS) is 11.2. The van der Waals surface area contributed by atoms with Crippen molar-refractivity contribution in [1.29, 1.82) is 0 Å². The molecule has 0 saturated heterocycles. The molecule has 0 radical (unpaired) electrons. The molecule has 0 atom stereocenters. The fourth-order valence-corrected chi connectivity index (χ4v) is 2.23. The van der Waals surface area contributed by atoms with Gasteiger partial charge in [-0.1, -0.05) is 45.0 Å². The van der Waals surface area contributed by atoms with E-state index in [1.807, 2.05) is 48.5 Å². The Morgan fingerprint density at radius 2 is 1.59 bits per heavy atom. The zero-order valence-corrected chi connectivity index (χ0v) is 13.5. The van der Waals surface area contributed by atoms with Gasteiger partial charge in [0.15, 0.2) is 0 Å². The molecule has 0 aliphatic carbocycles. The lowest BCUT2D eigenvalue weighted by atomic mass is 9.87. The molecule has 2 rings (SSSR count). The third-order valence-corrected chi connectivity index (χ3v) is 3.69. The Balaban J connectivity index is 1.88. The Morgan fingerprint density at radius 3 is 2.14 bits per heavy atom. The molecule has 2 aromatic rings. The summed E-state index contributed by atoms with van der Waals surface area (Å²) in [6.45, 7) is 7.10. The first-order valence-electron chi connectivity index (χ1n) is 7.59. The molecule has 3 nitrogen and oxygen atoms in total. The number of hydrogen-bond donors (Lipinski definition) is 2. The van der Waals surface area contributed by atoms with E-state index >= 15 is 0 Å². The Kier molecular flexibility index (Phi) is 4.86. The average Bonchev–Trinajstić information content (AvgIpc) is 2.48. The van der Waals surface area contributed by atoms with E-state index in [0.717, 1.165) is 17.7 Å². The van der Waals surface area contributed by atoms with Crippen molar-refractivity contribution in [2.75, 3.05) is 12.3 Å². The Labute approximate surface area is 132 Å². The predicted molar refractivity (Wildman–Crippen MR) is 92.0 cm³/mol. The summed E-state index contributed by atoms with van der Waals surface area (Å²) < 4.78 is 0. The van der Waals surface area contributed by atoms with Crippen LogP contribution in [0.25, 0.3) is 0 Å². The quantitative estimate of drug-likeness (QED) is 0.848. The number of nitrogens with two attached hydrogens (primary N) is 1. The molecule has 0 unspecified atom stereocenters. The second-order valence-corrected chi connectivity index (χ2v) is 6.57. The predicted octanol–water partition coefficient (Wildman–Crippen LogP) is 3.54. The van der Waals surface area contributed by atoms with Crippen molar-refractivity contribution < 1.29 is 4.79 Å². The number of nitrogens with one attached hydrogen (secondary N) is 1. The van der Waals surface area contributed by atoms with Crippen molar-refractivity contribution in [3.8, 4) is 0 Å². The molecular weight excluding hydrogens is 272 g/mol. The van der Waals surface area contributed by atoms with Gasteiger partial charge in [0.25, 0.3) is 5.91 Å². The highest BCUT2D eigenvalue weighted by Crippen LogP contribution is 2.22. The standard InChI is InChI=1S/C19H24N2O/c1-19(2,3)16-8-6-15(7-9-16)18(22)21-13-12-14-4-10-17(20)11-5-14/h4-11H,12-13,20H2,1-3H3,(H,21,22). The zero-order valence-electron chi connectivity index (χ0n) is 13.5. The maximum absolute atomic E-state index is 12.1. The van der Waals surface area contributed by atoms with Gasteiger partial charge in [-0.3, -0.25) is 4.79 Å². The number of carbonyl (C=O) groups is 1. The largest absolute Gasteiger partial charge is 0.399 e. The number of benzene rings is 2. The lowest BCUT2D eigenvalue weighted by molar-refractivity contribution is 0.0954. The van der Waals surface area contributed by atoms with Gasteiger partial charge in [-0.05, 0) is 47.2 Å². The van der Waals surface area contributed by atoms with Gasteiger partial charge in [-0.2, -0.15) is 0 Å². The lowest BCUT2D eigenvalue weighted by Crippen LogP contribution is -2.25. The fraction of sp³-hybridized carbons (Fsp3) is 0.316. The third kappa shape index (κ3) is 4.35. The minimum absolute atomic E-state index is 0.0316. The molecule has 1 amide bonds. The summed E-state index contributed by atoms with van der Waals surface area (Å²) in [5, 5.41) is 2.95. The van der Waals surface area contributed by atoms with Crippen molar-refractivity contribution in [2.24, 2.45) is 0 Å². The molecule has 0 bridgehead atoms. The van der Waals surface area contributed by atoms with Crippen LogP contribution in [-0.2, 0) is 11.8 Å². The molecule has 0 saturated carbocycles. The van der Waals surface area contributed by atoms with Gasteiger partial charge in [0.2, 0.25) is 0 Å². The third-order valence-electron chi connectivity index (χ3n) is 3.69. The number of carbonyl (C=O) groups excluding carboxylic acids is 1. The molecule has 3 N–H and O–H groups in total. The van der Waals surface area contributed by atoms with Gasteiger partial charge in [0.1, 0.15) is 0 Å². The van der Waals surface area contributed by atoms with Crippen molar-refractivity contribution >= 4 is 11.6 Å². The number of hydrogen-bond acceptors (Lipinski definition) is 2. The van der Waals surface area contributed by atoms with Gasteiger partial charge in [-0.15, -0.1) is 0 Å². The molecule has 0 aromatic heterocycles. The van der Waals surface area contributed by atoms with E-state index in [-0.39, 0.29) is 11.3 Å². The molecule has 0 fully saturated rings. The highest BCUT2D eigenvalue weighted by Gasteiger charge is 2.14. The first kappa shape index (κ1) is 16.1. The molecule has 22 heavy (non-hydrogen) atoms. The SMILES string of the molecule is CC(C)(C)c1ccc(C(=O)NCCc2ccc(N)cc2)cc1. The number of anilines is 1. The fourth-order valence-electron chi connectivity index (χ4n) is 2.23. The number of amides is 1. The molecule has 0 aliphatic heterocycles. The first-order valence-corrected chi connectivity index (χ1v) is 7.59. The summed E-state index contributed by atoms with van der Waals surface area (Å²) in [7, 11) is 0. The summed E-state index contributed by atoms with van der Waals surface area (Å²) in [5.41, 5.74) is 9.60. The molecule has 116 valence electrons. The van der Waals surface area contributed by atoms with Crippen LogP contribution in [0.3, 0.4) is 0 Å². The van der Waals surface area contributed by atoms with Crippen molar-refractivity contribution in [3.63, 3.8) is 0 Å². The van der Waals surface area contributed by atoms with Crippen LogP contribution < -0.4 is 11.1 Å². The summed E-state index contributed by atoms with van der Waals surface area (Å²) in [4.78, 5) is 12.1. The van der Waals surface area contributed by atoms with Crippen LogP contribution in [0.5, 0.6) is 0 Å². The monoisotopic (exact) mass is 296 g/mol. The Morgan fingerprint density at radius 1 is 1.00 bits per heavy atom. The van der Waals surface area contributed by atoms with Crippen molar-refractivity contribution in [1.82, 2.24) is 5.32 Å². The highest BCUT2D eigenvalue weighted by atomic mass is 16.1. The van der Waals surface area contributed by atoms with E-state index < -0.39 is 0 Å². The van der Waals surface area contributed by atoms with Crippen LogP contribution in [0, 0.1) is 0 Å². The van der Waals surface area contributed by atoms with E-state index in [9.17, 15) is 4.79 Å². The first-order chi connectivity index (χ1) is 10.4. The van der Waals surface area contributed by atoms with E-state index in [0.29, 0.717) is 12.1 Å². The lowest BCUT2D eigenvalue weighted by Gasteiger charge is -2.19. The van der Waals surface area contributed by atoms with Crippen LogP contribution in [0.2, 0.25) is 0 Å². The number of nitrogen functional groups attached to an aromatic ring is 1. The van der Waals surface area contributed by atoms with Crippen LogP contribution >= 0.6 is 0 Å². The van der Waals surface area contributed by atoms with Gasteiger partial charge >= 0.3 is 0 Å². The summed E-state index contributed by atoms with van der Waals surface area (Å²) >= 11 is 0. The zero-order chi connectivity index (χ0) is 16.2. The van der Waals surface area contributed by atoms with E-state index in [4.69, 9.17) is 5.73 Å². The minimum Gasteiger partial charge on any atom is -0.399 e. The summed E-state index contributed by atoms with van der Waals surface area (Å²) in [6.07, 6.45) is 0.798. The van der Waals surface area contributed by atoms with Gasteiger partial charge in [0, 0.05) is 17.8 Å². The van der Waals surface area contributed by atoms with Gasteiger partial charge in [-0.25, -0.2) is 0 Å². The molecule has 0 spiro atoms. The molecule has 2 aromatic carbocycles. The van der Waals surface area contributed by atoms with Crippen LogP contribution in [0.15, 0.2) is 48.5 Å².